The summed E-state index contributed by atoms with van der Waals surface area (Å²) in [7, 11) is 0. The number of halogens is 7. The molecule has 8 heteroatoms. The van der Waals surface area contributed by atoms with Crippen LogP contribution in [-0.2, 0) is 0 Å². The molecular formula is C17H6Cl6IN. The standard InChI is InChI=1S/C17H6Cl6IN/c18-8-2-10(20)15(11(21)3-8)7-1-14(24)17(25-6-7)16-12(22)4-9(19)5-13(16)23/h1-6H. The Morgan fingerprint density at radius 1 is 0.640 bits per heavy atom. The molecule has 128 valence electrons. The van der Waals surface area contributed by atoms with Crippen molar-refractivity contribution in [3.8, 4) is 22.4 Å². The summed E-state index contributed by atoms with van der Waals surface area (Å²) in [5, 5.41) is 2.69. The normalized spacial score (nSPS) is 11.0. The maximum atomic E-state index is 6.30. The predicted molar refractivity (Wildman–Crippen MR) is 118 cm³/mol. The van der Waals surface area contributed by atoms with Gasteiger partial charge in [-0.2, -0.15) is 0 Å². The molecule has 0 aliphatic rings. The van der Waals surface area contributed by atoms with Gasteiger partial charge in [0.2, 0.25) is 0 Å². The molecule has 0 fully saturated rings. The molecular weight excluding hydrogens is 558 g/mol. The molecule has 0 N–H and O–H groups in total. The lowest BCUT2D eigenvalue weighted by atomic mass is 10.1. The molecule has 0 bridgehead atoms. The highest BCUT2D eigenvalue weighted by Crippen LogP contribution is 2.41. The van der Waals surface area contributed by atoms with E-state index in [9.17, 15) is 0 Å². The Morgan fingerprint density at radius 3 is 1.52 bits per heavy atom. The van der Waals surface area contributed by atoms with Gasteiger partial charge >= 0.3 is 0 Å². The van der Waals surface area contributed by atoms with Crippen molar-refractivity contribution in [2.45, 2.75) is 0 Å². The van der Waals surface area contributed by atoms with Gasteiger partial charge in [-0.25, -0.2) is 0 Å². The molecule has 2 aromatic carbocycles. The van der Waals surface area contributed by atoms with Crippen LogP contribution in [0.1, 0.15) is 0 Å². The molecule has 3 rings (SSSR count). The van der Waals surface area contributed by atoms with Crippen molar-refractivity contribution >= 4 is 92.2 Å². The molecule has 1 nitrogen and oxygen atoms in total. The zero-order valence-corrected chi connectivity index (χ0v) is 18.8. The summed E-state index contributed by atoms with van der Waals surface area (Å²) in [6.07, 6.45) is 1.67. The molecule has 0 saturated carbocycles. The molecule has 0 atom stereocenters. The molecule has 1 aromatic heterocycles. The van der Waals surface area contributed by atoms with Gasteiger partial charge in [0.25, 0.3) is 0 Å². The Bertz CT molecular complexity index is 943. The van der Waals surface area contributed by atoms with Crippen molar-refractivity contribution in [1.82, 2.24) is 4.98 Å². The zero-order chi connectivity index (χ0) is 18.3. The van der Waals surface area contributed by atoms with Crippen LogP contribution in [0.15, 0.2) is 36.5 Å². The quantitative estimate of drug-likeness (QED) is 0.284. The average Bonchev–Trinajstić information content (AvgIpc) is 2.47. The number of benzene rings is 2. The first-order valence-corrected chi connectivity index (χ1v) is 10.1. The fourth-order valence-electron chi connectivity index (χ4n) is 2.34. The maximum absolute atomic E-state index is 6.30. The number of aromatic nitrogens is 1. The van der Waals surface area contributed by atoms with E-state index in [1.807, 2.05) is 6.07 Å². The van der Waals surface area contributed by atoms with Crippen LogP contribution in [0.3, 0.4) is 0 Å². The highest BCUT2D eigenvalue weighted by molar-refractivity contribution is 14.1. The van der Waals surface area contributed by atoms with Crippen molar-refractivity contribution in [3.05, 3.63) is 70.2 Å². The Kier molecular flexibility index (Phi) is 6.32. The summed E-state index contributed by atoms with van der Waals surface area (Å²) in [6.45, 7) is 0. The number of hydrogen-bond donors (Lipinski definition) is 0. The highest BCUT2D eigenvalue weighted by Gasteiger charge is 2.17. The molecule has 0 radical (unpaired) electrons. The summed E-state index contributed by atoms with van der Waals surface area (Å²) < 4.78 is 0.836. The van der Waals surface area contributed by atoms with Crippen LogP contribution in [-0.4, -0.2) is 4.98 Å². The van der Waals surface area contributed by atoms with E-state index < -0.39 is 0 Å². The molecule has 1 heterocycles. The third kappa shape index (κ3) is 4.16. The van der Waals surface area contributed by atoms with Gasteiger partial charge in [0.1, 0.15) is 0 Å². The predicted octanol–water partition coefficient (Wildman–Crippen LogP) is 8.94. The number of rotatable bonds is 2. The third-order valence-electron chi connectivity index (χ3n) is 3.38. The summed E-state index contributed by atoms with van der Waals surface area (Å²) >= 11 is 39.3. The molecule has 0 aliphatic heterocycles. The van der Waals surface area contributed by atoms with E-state index in [0.717, 1.165) is 9.13 Å². The number of nitrogens with zero attached hydrogens (tertiary/aromatic N) is 1. The summed E-state index contributed by atoms with van der Waals surface area (Å²) in [5.74, 6) is 0. The van der Waals surface area contributed by atoms with Gasteiger partial charge in [-0.1, -0.05) is 69.6 Å². The van der Waals surface area contributed by atoms with Gasteiger partial charge < -0.3 is 0 Å². The molecule has 0 saturated heterocycles. The van der Waals surface area contributed by atoms with Gasteiger partial charge in [0.15, 0.2) is 0 Å². The summed E-state index contributed by atoms with van der Waals surface area (Å²) in [4.78, 5) is 4.51. The van der Waals surface area contributed by atoms with Crippen molar-refractivity contribution in [1.29, 1.82) is 0 Å². The van der Waals surface area contributed by atoms with Crippen molar-refractivity contribution in [2.24, 2.45) is 0 Å². The van der Waals surface area contributed by atoms with E-state index in [0.29, 0.717) is 47.0 Å². The minimum Gasteiger partial charge on any atom is -0.254 e. The molecule has 0 spiro atoms. The first kappa shape index (κ1) is 19.8. The smallest absolute Gasteiger partial charge is 0.0865 e. The van der Waals surface area contributed by atoms with E-state index in [2.05, 4.69) is 27.6 Å². The van der Waals surface area contributed by atoms with Crippen LogP contribution in [0.2, 0.25) is 30.1 Å². The van der Waals surface area contributed by atoms with Crippen LogP contribution >= 0.6 is 92.2 Å². The van der Waals surface area contributed by atoms with Gasteiger partial charge in [-0.3, -0.25) is 4.98 Å². The lowest BCUT2D eigenvalue weighted by molar-refractivity contribution is 1.30. The van der Waals surface area contributed by atoms with E-state index >= 15 is 0 Å². The largest absolute Gasteiger partial charge is 0.254 e. The monoisotopic (exact) mass is 561 g/mol. The minimum atomic E-state index is 0.429. The fourth-order valence-corrected chi connectivity index (χ4v) is 5.12. The second-order valence-electron chi connectivity index (χ2n) is 5.04. The maximum Gasteiger partial charge on any atom is 0.0865 e. The van der Waals surface area contributed by atoms with Gasteiger partial charge in [-0.05, 0) is 52.9 Å². The second-order valence-corrected chi connectivity index (χ2v) is 8.71. The molecule has 25 heavy (non-hydrogen) atoms. The van der Waals surface area contributed by atoms with Crippen molar-refractivity contribution in [3.63, 3.8) is 0 Å². The van der Waals surface area contributed by atoms with E-state index in [1.54, 1.807) is 30.5 Å². The molecule has 0 unspecified atom stereocenters. The molecule has 3 aromatic rings. The van der Waals surface area contributed by atoms with Crippen molar-refractivity contribution < 1.29 is 0 Å². The highest BCUT2D eigenvalue weighted by atomic mass is 127. The number of pyridine rings is 1. The first-order chi connectivity index (χ1) is 11.8. The van der Waals surface area contributed by atoms with E-state index in [4.69, 9.17) is 69.6 Å². The second kappa shape index (κ2) is 7.97. The zero-order valence-electron chi connectivity index (χ0n) is 12.1. The van der Waals surface area contributed by atoms with Crippen LogP contribution in [0.5, 0.6) is 0 Å². The SMILES string of the molecule is Clc1cc(Cl)c(-c2cnc(-c3c(Cl)cc(Cl)cc3Cl)c(I)c2)c(Cl)c1. The van der Waals surface area contributed by atoms with Crippen LogP contribution in [0, 0.1) is 3.57 Å². The molecule has 0 aliphatic carbocycles. The summed E-state index contributed by atoms with van der Waals surface area (Å²) in [6, 6.07) is 8.44. The lowest BCUT2D eigenvalue weighted by Crippen LogP contribution is -1.93. The van der Waals surface area contributed by atoms with Crippen LogP contribution in [0.4, 0.5) is 0 Å². The van der Waals surface area contributed by atoms with Gasteiger partial charge in [0.05, 0.1) is 25.8 Å². The third-order valence-corrected chi connectivity index (χ3v) is 5.83. The Labute approximate surface area is 188 Å². The lowest BCUT2D eigenvalue weighted by Gasteiger charge is -2.12. The average molecular weight is 564 g/mol. The summed E-state index contributed by atoms with van der Waals surface area (Å²) in [5.41, 5.74) is 2.70. The van der Waals surface area contributed by atoms with Crippen LogP contribution in [0.25, 0.3) is 22.4 Å². The van der Waals surface area contributed by atoms with Crippen molar-refractivity contribution in [2.75, 3.05) is 0 Å². The Balaban J connectivity index is 2.15. The Hall–Kier alpha value is 0.0600. The van der Waals surface area contributed by atoms with Gasteiger partial charge in [0, 0.05) is 36.5 Å². The van der Waals surface area contributed by atoms with E-state index in [1.165, 1.54) is 0 Å². The first-order valence-electron chi connectivity index (χ1n) is 6.73. The fraction of sp³-hybridized carbons (Fsp3) is 0. The Morgan fingerprint density at radius 2 is 1.08 bits per heavy atom. The topological polar surface area (TPSA) is 12.9 Å². The van der Waals surface area contributed by atoms with Crippen LogP contribution < -0.4 is 0 Å². The minimum absolute atomic E-state index is 0.429. The van der Waals surface area contributed by atoms with E-state index in [-0.39, 0.29) is 0 Å². The number of hydrogen-bond acceptors (Lipinski definition) is 1. The molecule has 0 amide bonds. The van der Waals surface area contributed by atoms with Gasteiger partial charge in [-0.15, -0.1) is 0 Å².